The molecule has 0 spiro atoms. The molecule has 0 N–H and O–H groups in total. The number of carbonyl (C=O) groups is 1. The third kappa shape index (κ3) is 4.19. The predicted octanol–water partition coefficient (Wildman–Crippen LogP) is 5.92. The molecule has 0 saturated heterocycles. The number of nitriles is 1. The van der Waals surface area contributed by atoms with E-state index >= 15 is 0 Å². The second-order valence-corrected chi connectivity index (χ2v) is 7.10. The van der Waals surface area contributed by atoms with Crippen molar-refractivity contribution in [3.8, 4) is 16.5 Å². The lowest BCUT2D eigenvalue weighted by Gasteiger charge is -2.13. The van der Waals surface area contributed by atoms with Crippen LogP contribution >= 0.6 is 23.1 Å². The first-order valence-corrected chi connectivity index (χ1v) is 9.11. The predicted molar refractivity (Wildman–Crippen MR) is 90.5 cm³/mol. The highest BCUT2D eigenvalue weighted by Gasteiger charge is 2.41. The average molecular weight is 369 g/mol. The molecular formula is C17H14F3NOS2. The van der Waals surface area contributed by atoms with Crippen LogP contribution in [0.25, 0.3) is 10.4 Å². The second kappa shape index (κ2) is 7.86. The van der Waals surface area contributed by atoms with Crippen molar-refractivity contribution >= 4 is 28.9 Å². The summed E-state index contributed by atoms with van der Waals surface area (Å²) in [4.78, 5) is 13.0. The van der Waals surface area contributed by atoms with E-state index in [1.807, 2.05) is 13.0 Å². The molecule has 0 fully saturated rings. The highest BCUT2D eigenvalue weighted by molar-refractivity contribution is 7.99. The van der Waals surface area contributed by atoms with Crippen molar-refractivity contribution in [1.82, 2.24) is 0 Å². The summed E-state index contributed by atoms with van der Waals surface area (Å²) in [6, 6.07) is 7.88. The summed E-state index contributed by atoms with van der Waals surface area (Å²) in [6.45, 7) is 2.04. The number of unbranched alkanes of at least 4 members (excludes halogenated alkanes) is 1. The number of thiophene rings is 1. The average Bonchev–Trinajstić information content (AvgIpc) is 3.07. The van der Waals surface area contributed by atoms with E-state index in [9.17, 15) is 23.2 Å². The van der Waals surface area contributed by atoms with E-state index in [0.717, 1.165) is 24.7 Å². The van der Waals surface area contributed by atoms with Crippen LogP contribution in [0, 0.1) is 11.3 Å². The quantitative estimate of drug-likeness (QED) is 0.360. The smallest absolute Gasteiger partial charge is 0.284 e. The maximum absolute atomic E-state index is 12.9. The minimum absolute atomic E-state index is 0.101. The van der Waals surface area contributed by atoms with E-state index in [0.29, 0.717) is 9.77 Å². The van der Waals surface area contributed by atoms with E-state index in [1.165, 1.54) is 29.2 Å². The lowest BCUT2D eigenvalue weighted by atomic mass is 9.99. The van der Waals surface area contributed by atoms with Crippen LogP contribution in [0.3, 0.4) is 0 Å². The van der Waals surface area contributed by atoms with Crippen LogP contribution in [-0.2, 0) is 0 Å². The number of hydrogen-bond acceptors (Lipinski definition) is 4. The minimum atomic E-state index is -4.98. The normalized spacial score (nSPS) is 11.3. The Morgan fingerprint density at radius 2 is 2.12 bits per heavy atom. The Balaban J connectivity index is 2.57. The Morgan fingerprint density at radius 1 is 1.38 bits per heavy atom. The SMILES string of the molecule is CCCCSc1cc(-c2cccs2)c(C(=O)C(F)(F)F)cc1C#N. The fraction of sp³-hybridized carbons (Fsp3) is 0.294. The van der Waals surface area contributed by atoms with Gasteiger partial charge in [0.15, 0.2) is 0 Å². The van der Waals surface area contributed by atoms with Crippen LogP contribution < -0.4 is 0 Å². The molecule has 2 aromatic rings. The molecule has 0 bridgehead atoms. The first-order chi connectivity index (χ1) is 11.4. The van der Waals surface area contributed by atoms with Crippen molar-refractivity contribution in [2.24, 2.45) is 0 Å². The maximum atomic E-state index is 12.9. The molecule has 0 amide bonds. The summed E-state index contributed by atoms with van der Waals surface area (Å²) >= 11 is 2.68. The summed E-state index contributed by atoms with van der Waals surface area (Å²) in [5.74, 6) is -1.16. The number of Topliss-reactive ketones (excluding diaryl/α,β-unsaturated/α-hetero) is 1. The number of hydrogen-bond donors (Lipinski definition) is 0. The summed E-state index contributed by atoms with van der Waals surface area (Å²) in [5, 5.41) is 11.0. The molecule has 0 saturated carbocycles. The highest BCUT2D eigenvalue weighted by atomic mass is 32.2. The molecule has 2 nitrogen and oxygen atoms in total. The van der Waals surface area contributed by atoms with Crippen LogP contribution in [0.5, 0.6) is 0 Å². The molecule has 24 heavy (non-hydrogen) atoms. The fourth-order valence-corrected chi connectivity index (χ4v) is 3.96. The Hall–Kier alpha value is -1.78. The topological polar surface area (TPSA) is 40.9 Å². The van der Waals surface area contributed by atoms with Crippen LogP contribution in [0.1, 0.15) is 35.7 Å². The molecule has 0 atom stereocenters. The number of ketones is 1. The third-order valence-electron chi connectivity index (χ3n) is 3.28. The van der Waals surface area contributed by atoms with Gasteiger partial charge in [-0.3, -0.25) is 4.79 Å². The Bertz CT molecular complexity index is 761. The molecule has 2 rings (SSSR count). The van der Waals surface area contributed by atoms with Gasteiger partial charge in [0.25, 0.3) is 5.78 Å². The van der Waals surface area contributed by atoms with Crippen molar-refractivity contribution in [3.05, 3.63) is 40.8 Å². The van der Waals surface area contributed by atoms with Crippen molar-refractivity contribution in [2.75, 3.05) is 5.75 Å². The van der Waals surface area contributed by atoms with Gasteiger partial charge in [0.2, 0.25) is 0 Å². The van der Waals surface area contributed by atoms with Gasteiger partial charge in [-0.25, -0.2) is 0 Å². The van der Waals surface area contributed by atoms with E-state index in [4.69, 9.17) is 0 Å². The zero-order valence-electron chi connectivity index (χ0n) is 12.8. The number of carbonyl (C=O) groups excluding carboxylic acids is 1. The Labute approximate surface area is 146 Å². The molecule has 0 aliphatic rings. The largest absolute Gasteiger partial charge is 0.454 e. The summed E-state index contributed by atoms with van der Waals surface area (Å²) < 4.78 is 38.7. The van der Waals surface area contributed by atoms with E-state index < -0.39 is 17.5 Å². The van der Waals surface area contributed by atoms with Gasteiger partial charge in [0.05, 0.1) is 5.56 Å². The number of thioether (sulfide) groups is 1. The van der Waals surface area contributed by atoms with Gasteiger partial charge in [-0.05, 0) is 35.8 Å². The Kier molecular flexibility index (Phi) is 6.08. The monoisotopic (exact) mass is 369 g/mol. The summed E-state index contributed by atoms with van der Waals surface area (Å²) in [5.41, 5.74) is -0.143. The van der Waals surface area contributed by atoms with Crippen LogP contribution in [0.4, 0.5) is 13.2 Å². The molecule has 126 valence electrons. The van der Waals surface area contributed by atoms with Crippen molar-refractivity contribution in [1.29, 1.82) is 5.26 Å². The third-order valence-corrected chi connectivity index (χ3v) is 5.33. The van der Waals surface area contributed by atoms with Crippen LogP contribution in [0.2, 0.25) is 0 Å². The van der Waals surface area contributed by atoms with E-state index in [2.05, 4.69) is 0 Å². The highest BCUT2D eigenvalue weighted by Crippen LogP contribution is 2.37. The first kappa shape index (κ1) is 18.6. The standard InChI is InChI=1S/C17H14F3NOS2/c1-2-3-6-24-15-9-12(14-5-4-7-23-14)13(8-11(15)10-21)16(22)17(18,19)20/h4-5,7-9H,2-3,6H2,1H3. The molecule has 0 aliphatic carbocycles. The van der Waals surface area contributed by atoms with Crippen molar-refractivity contribution in [2.45, 2.75) is 30.8 Å². The number of alkyl halides is 3. The number of benzene rings is 1. The van der Waals surface area contributed by atoms with Crippen molar-refractivity contribution in [3.63, 3.8) is 0 Å². The van der Waals surface area contributed by atoms with Gasteiger partial charge in [-0.2, -0.15) is 18.4 Å². The minimum Gasteiger partial charge on any atom is -0.284 e. The Morgan fingerprint density at radius 3 is 2.67 bits per heavy atom. The molecule has 0 aliphatic heterocycles. The molecule has 1 aromatic carbocycles. The molecule has 7 heteroatoms. The van der Waals surface area contributed by atoms with Crippen molar-refractivity contribution < 1.29 is 18.0 Å². The molecular weight excluding hydrogens is 355 g/mol. The van der Waals surface area contributed by atoms with Gasteiger partial charge in [0, 0.05) is 20.9 Å². The van der Waals surface area contributed by atoms with Gasteiger partial charge < -0.3 is 0 Å². The lowest BCUT2D eigenvalue weighted by molar-refractivity contribution is -0.0884. The molecule has 1 heterocycles. The maximum Gasteiger partial charge on any atom is 0.454 e. The number of rotatable bonds is 6. The molecule has 0 radical (unpaired) electrons. The zero-order valence-corrected chi connectivity index (χ0v) is 14.4. The van der Waals surface area contributed by atoms with Gasteiger partial charge in [-0.1, -0.05) is 19.4 Å². The van der Waals surface area contributed by atoms with Crippen LogP contribution in [0.15, 0.2) is 34.5 Å². The molecule has 0 unspecified atom stereocenters. The summed E-state index contributed by atoms with van der Waals surface area (Å²) in [7, 11) is 0. The van der Waals surface area contributed by atoms with E-state index in [-0.39, 0.29) is 11.1 Å². The summed E-state index contributed by atoms with van der Waals surface area (Å²) in [6.07, 6.45) is -3.06. The number of halogens is 3. The fourth-order valence-electron chi connectivity index (χ4n) is 2.09. The van der Waals surface area contributed by atoms with Crippen LogP contribution in [-0.4, -0.2) is 17.7 Å². The van der Waals surface area contributed by atoms with Gasteiger partial charge in [0.1, 0.15) is 6.07 Å². The van der Waals surface area contributed by atoms with Gasteiger partial charge >= 0.3 is 6.18 Å². The zero-order chi connectivity index (χ0) is 17.7. The van der Waals surface area contributed by atoms with Gasteiger partial charge in [-0.15, -0.1) is 23.1 Å². The number of nitrogens with zero attached hydrogens (tertiary/aromatic N) is 1. The second-order valence-electron chi connectivity index (χ2n) is 5.01. The lowest BCUT2D eigenvalue weighted by Crippen LogP contribution is -2.23. The first-order valence-electron chi connectivity index (χ1n) is 7.24. The van der Waals surface area contributed by atoms with E-state index in [1.54, 1.807) is 17.5 Å². The molecule has 1 aromatic heterocycles.